The number of nitrogens with zero attached hydrogens (tertiary/aromatic N) is 4. The van der Waals surface area contributed by atoms with E-state index in [0.717, 1.165) is 57.2 Å². The van der Waals surface area contributed by atoms with Crippen LogP contribution in [0.25, 0.3) is 0 Å². The molecule has 0 unspecified atom stereocenters. The third-order valence-electron chi connectivity index (χ3n) is 7.53. The number of hydrogen-bond donors (Lipinski definition) is 1. The molecule has 8 heteroatoms. The van der Waals surface area contributed by atoms with Crippen LogP contribution in [-0.4, -0.2) is 91.8 Å². The molecule has 4 aliphatic rings. The number of anilines is 1. The van der Waals surface area contributed by atoms with E-state index in [-0.39, 0.29) is 12.4 Å². The van der Waals surface area contributed by atoms with Crippen molar-refractivity contribution in [1.29, 1.82) is 0 Å². The molecule has 1 aromatic rings. The number of likely N-dealkylation sites (N-methyl/N-ethyl adjacent to an activating group) is 2. The van der Waals surface area contributed by atoms with Gasteiger partial charge in [0.05, 0.1) is 6.10 Å². The molecule has 3 heterocycles. The molecule has 1 aromatic heterocycles. The van der Waals surface area contributed by atoms with Gasteiger partial charge in [-0.05, 0) is 75.6 Å². The van der Waals surface area contributed by atoms with E-state index in [9.17, 15) is 4.79 Å². The summed E-state index contributed by atoms with van der Waals surface area (Å²) in [5.41, 5.74) is 1.85. The van der Waals surface area contributed by atoms with Crippen molar-refractivity contribution in [3.05, 3.63) is 23.4 Å². The molecule has 3 fully saturated rings. The van der Waals surface area contributed by atoms with Crippen LogP contribution in [0.1, 0.15) is 41.7 Å². The minimum absolute atomic E-state index is 0.0966. The van der Waals surface area contributed by atoms with Crippen molar-refractivity contribution < 1.29 is 19.4 Å². The van der Waals surface area contributed by atoms with Crippen LogP contribution in [0.2, 0.25) is 0 Å². The molecule has 32 heavy (non-hydrogen) atoms. The fraction of sp³-hybridized carbons (Fsp3) is 0.708. The van der Waals surface area contributed by atoms with Crippen LogP contribution in [0.4, 0.5) is 5.82 Å². The highest BCUT2D eigenvalue weighted by Gasteiger charge is 2.45. The normalized spacial score (nSPS) is 28.8. The zero-order chi connectivity index (χ0) is 22.8. The van der Waals surface area contributed by atoms with Crippen LogP contribution in [0.15, 0.2) is 12.1 Å². The molecule has 2 saturated carbocycles. The smallest absolute Gasteiger partial charge is 0.290 e. The highest BCUT2D eigenvalue weighted by Crippen LogP contribution is 2.40. The number of hydrogen-bond acceptors (Lipinski definition) is 6. The van der Waals surface area contributed by atoms with E-state index < -0.39 is 0 Å². The van der Waals surface area contributed by atoms with E-state index in [0.29, 0.717) is 29.7 Å². The van der Waals surface area contributed by atoms with E-state index >= 15 is 0 Å². The molecular weight excluding hydrogens is 408 g/mol. The Balaban J connectivity index is 0.000000775. The van der Waals surface area contributed by atoms with Gasteiger partial charge in [-0.3, -0.25) is 9.59 Å². The first-order chi connectivity index (χ1) is 15.4. The summed E-state index contributed by atoms with van der Waals surface area (Å²) in [6.07, 6.45) is 6.18. The van der Waals surface area contributed by atoms with E-state index in [2.05, 4.69) is 41.9 Å². The quantitative estimate of drug-likeness (QED) is 0.695. The SMILES string of the molecule is CN1CCc2ccc(C(=O)N3C[C@H]4C[C@@H](N(C)C)[C@H](OCC5CC5)C[C@H]4C3)nc21.O=CO. The number of ether oxygens (including phenoxy) is 1. The summed E-state index contributed by atoms with van der Waals surface area (Å²) in [7, 11) is 6.39. The summed E-state index contributed by atoms with van der Waals surface area (Å²) in [6, 6.07) is 4.47. The van der Waals surface area contributed by atoms with Crippen molar-refractivity contribution in [3.63, 3.8) is 0 Å². The number of rotatable bonds is 5. The second-order valence-electron chi connectivity index (χ2n) is 10.0. The molecule has 1 N–H and O–H groups in total. The average molecular weight is 445 g/mol. The predicted octanol–water partition coefficient (Wildman–Crippen LogP) is 1.98. The lowest BCUT2D eigenvalue weighted by molar-refractivity contribution is -0.122. The van der Waals surface area contributed by atoms with Crippen LogP contribution < -0.4 is 4.90 Å². The van der Waals surface area contributed by atoms with Gasteiger partial charge in [0, 0.05) is 39.3 Å². The van der Waals surface area contributed by atoms with Crippen molar-refractivity contribution in [2.24, 2.45) is 17.8 Å². The predicted molar refractivity (Wildman–Crippen MR) is 122 cm³/mol. The molecule has 176 valence electrons. The summed E-state index contributed by atoms with van der Waals surface area (Å²) in [5.74, 6) is 3.00. The lowest BCUT2D eigenvalue weighted by atomic mass is 9.77. The van der Waals surface area contributed by atoms with Gasteiger partial charge in [0.25, 0.3) is 12.4 Å². The molecule has 0 aromatic carbocycles. The third kappa shape index (κ3) is 4.91. The third-order valence-corrected chi connectivity index (χ3v) is 7.53. The second kappa shape index (κ2) is 9.75. The first kappa shape index (κ1) is 23.0. The number of pyridine rings is 1. The Kier molecular flexibility index (Phi) is 7.00. The van der Waals surface area contributed by atoms with E-state index in [1.54, 1.807) is 0 Å². The van der Waals surface area contributed by atoms with Crippen LogP contribution in [0.5, 0.6) is 0 Å². The molecule has 0 spiro atoms. The van der Waals surface area contributed by atoms with Crippen LogP contribution >= 0.6 is 0 Å². The van der Waals surface area contributed by atoms with Gasteiger partial charge in [-0.2, -0.15) is 0 Å². The highest BCUT2D eigenvalue weighted by atomic mass is 16.5. The van der Waals surface area contributed by atoms with Crippen molar-refractivity contribution in [2.45, 2.75) is 44.2 Å². The Morgan fingerprint density at radius 3 is 2.59 bits per heavy atom. The van der Waals surface area contributed by atoms with Gasteiger partial charge in [-0.25, -0.2) is 4.98 Å². The molecule has 4 atom stereocenters. The summed E-state index contributed by atoms with van der Waals surface area (Å²) in [5, 5.41) is 6.89. The summed E-state index contributed by atoms with van der Waals surface area (Å²) >= 11 is 0. The monoisotopic (exact) mass is 444 g/mol. The molecule has 1 saturated heterocycles. The van der Waals surface area contributed by atoms with Crippen molar-refractivity contribution in [2.75, 3.05) is 52.3 Å². The molecule has 8 nitrogen and oxygen atoms in total. The number of fused-ring (bicyclic) bond motifs is 2. The van der Waals surface area contributed by atoms with Gasteiger partial charge < -0.3 is 24.5 Å². The number of amides is 1. The highest BCUT2D eigenvalue weighted by molar-refractivity contribution is 5.93. The van der Waals surface area contributed by atoms with Crippen LogP contribution in [0.3, 0.4) is 0 Å². The molecule has 2 aliphatic heterocycles. The maximum atomic E-state index is 13.2. The maximum Gasteiger partial charge on any atom is 0.290 e. The number of carbonyl (C=O) groups is 2. The first-order valence-electron chi connectivity index (χ1n) is 11.8. The van der Waals surface area contributed by atoms with Crippen LogP contribution in [0, 0.1) is 17.8 Å². The molecule has 1 amide bonds. The van der Waals surface area contributed by atoms with Crippen molar-refractivity contribution in [3.8, 4) is 0 Å². The Morgan fingerprint density at radius 2 is 1.94 bits per heavy atom. The minimum Gasteiger partial charge on any atom is -0.483 e. The Labute approximate surface area is 190 Å². The Bertz CT molecular complexity index is 828. The van der Waals surface area contributed by atoms with Gasteiger partial charge in [0.2, 0.25) is 0 Å². The molecule has 2 aliphatic carbocycles. The molecule has 0 bridgehead atoms. The zero-order valence-electron chi connectivity index (χ0n) is 19.4. The van der Waals surface area contributed by atoms with Gasteiger partial charge >= 0.3 is 0 Å². The average Bonchev–Trinajstić information content (AvgIpc) is 3.40. The maximum absolute atomic E-state index is 13.2. The van der Waals surface area contributed by atoms with Gasteiger partial charge in [-0.15, -0.1) is 0 Å². The fourth-order valence-corrected chi connectivity index (χ4v) is 5.50. The topological polar surface area (TPSA) is 86.2 Å². The number of carbonyl (C=O) groups excluding carboxylic acids is 1. The second-order valence-corrected chi connectivity index (χ2v) is 10.0. The number of aromatic nitrogens is 1. The summed E-state index contributed by atoms with van der Waals surface area (Å²) < 4.78 is 6.37. The van der Waals surface area contributed by atoms with Crippen LogP contribution in [-0.2, 0) is 16.0 Å². The fourth-order valence-electron chi connectivity index (χ4n) is 5.50. The first-order valence-corrected chi connectivity index (χ1v) is 11.8. The van der Waals surface area contributed by atoms with E-state index in [1.807, 2.05) is 6.07 Å². The molecular formula is C24H36N4O4. The largest absolute Gasteiger partial charge is 0.483 e. The molecule has 5 rings (SSSR count). The van der Waals surface area contributed by atoms with E-state index in [4.69, 9.17) is 19.6 Å². The Hall–Kier alpha value is -2.19. The lowest BCUT2D eigenvalue weighted by Crippen LogP contribution is -2.48. The summed E-state index contributed by atoms with van der Waals surface area (Å²) in [4.78, 5) is 32.8. The molecule has 0 radical (unpaired) electrons. The van der Waals surface area contributed by atoms with E-state index in [1.165, 1.54) is 18.4 Å². The van der Waals surface area contributed by atoms with Gasteiger partial charge in [0.15, 0.2) is 0 Å². The zero-order valence-corrected chi connectivity index (χ0v) is 19.4. The number of likely N-dealkylation sites (tertiary alicyclic amines) is 1. The lowest BCUT2D eigenvalue weighted by Gasteiger charge is -2.41. The Morgan fingerprint density at radius 1 is 1.25 bits per heavy atom. The number of carboxylic acid groups (broad SMARTS) is 1. The standard InChI is InChI=1S/C23H34N4O2.CH2O2/c1-25(2)20-10-17-12-27(13-18(17)11-21(20)29-14-15-4-5-15)23(28)19-7-6-16-8-9-26(3)22(16)24-19;2-1-3/h6-7,15,17-18,20-21H,4-5,8-14H2,1-3H3;1H,(H,2,3)/t17-,18+,20-,21-;/m1./s1. The van der Waals surface area contributed by atoms with Gasteiger partial charge in [0.1, 0.15) is 11.5 Å². The van der Waals surface area contributed by atoms with Crippen molar-refractivity contribution in [1.82, 2.24) is 14.8 Å². The van der Waals surface area contributed by atoms with Crippen molar-refractivity contribution >= 4 is 18.2 Å². The van der Waals surface area contributed by atoms with Gasteiger partial charge in [-0.1, -0.05) is 6.07 Å². The minimum atomic E-state index is -0.250. The summed E-state index contributed by atoms with van der Waals surface area (Å²) in [6.45, 7) is 3.36.